The highest BCUT2D eigenvalue weighted by Gasteiger charge is 2.10. The van der Waals surface area contributed by atoms with E-state index >= 15 is 0 Å². The van der Waals surface area contributed by atoms with E-state index in [1.807, 2.05) is 0 Å². The molecule has 0 aliphatic rings. The van der Waals surface area contributed by atoms with Gasteiger partial charge in [-0.25, -0.2) is 14.8 Å². The minimum absolute atomic E-state index is 0.323. The first kappa shape index (κ1) is 12.2. The molecule has 2 aromatic heterocycles. The van der Waals surface area contributed by atoms with Crippen LogP contribution in [0.2, 0.25) is 0 Å². The molecule has 0 aliphatic heterocycles. The fourth-order valence-corrected chi connectivity index (χ4v) is 1.74. The fraction of sp³-hybridized carbons (Fsp3) is 0.0909. The summed E-state index contributed by atoms with van der Waals surface area (Å²) >= 11 is 1.33. The van der Waals surface area contributed by atoms with Crippen LogP contribution in [0.1, 0.15) is 20.8 Å². The number of aromatic nitrogens is 2. The first-order chi connectivity index (χ1) is 8.70. The molecule has 0 saturated carbocycles. The average Bonchev–Trinajstić information content (AvgIpc) is 2.92. The first-order valence-corrected chi connectivity index (χ1v) is 5.89. The number of nitrogens with zero attached hydrogens (tertiary/aromatic N) is 2. The predicted octanol–water partition coefficient (Wildman–Crippen LogP) is 1.58. The second-order valence-corrected chi connectivity index (χ2v) is 3.97. The number of thiazole rings is 1. The van der Waals surface area contributed by atoms with Crippen LogP contribution < -0.4 is 5.32 Å². The van der Waals surface area contributed by atoms with Crippen molar-refractivity contribution in [2.24, 2.45) is 0 Å². The minimum atomic E-state index is -0.472. The molecule has 7 heteroatoms. The van der Waals surface area contributed by atoms with Gasteiger partial charge in [-0.2, -0.15) is 0 Å². The Hall–Kier alpha value is -2.28. The summed E-state index contributed by atoms with van der Waals surface area (Å²) in [7, 11) is 1.29. The molecule has 0 fully saturated rings. The number of methoxy groups -OCH3 is 1. The molecular weight excluding hydrogens is 254 g/mol. The number of anilines is 1. The standard InChI is InChI=1S/C11H9N3O3S/c1-17-11(16)7-2-3-9(12-4-7)14-10(15)8-5-18-6-13-8/h2-6H,1H3,(H,12,14,15). The van der Waals surface area contributed by atoms with Crippen LogP contribution in [0.5, 0.6) is 0 Å². The van der Waals surface area contributed by atoms with Gasteiger partial charge in [-0.1, -0.05) is 0 Å². The van der Waals surface area contributed by atoms with Crippen molar-refractivity contribution < 1.29 is 14.3 Å². The zero-order chi connectivity index (χ0) is 13.0. The lowest BCUT2D eigenvalue weighted by atomic mass is 10.3. The maximum atomic E-state index is 11.7. The molecule has 0 aliphatic carbocycles. The van der Waals surface area contributed by atoms with E-state index in [9.17, 15) is 9.59 Å². The summed E-state index contributed by atoms with van der Waals surface area (Å²) in [6.45, 7) is 0. The van der Waals surface area contributed by atoms with Crippen molar-refractivity contribution in [2.45, 2.75) is 0 Å². The molecule has 0 unspecified atom stereocenters. The van der Waals surface area contributed by atoms with Gasteiger partial charge >= 0.3 is 5.97 Å². The molecule has 0 aromatic carbocycles. The topological polar surface area (TPSA) is 81.2 Å². The van der Waals surface area contributed by atoms with Gasteiger partial charge in [0.25, 0.3) is 5.91 Å². The molecule has 1 amide bonds. The number of amides is 1. The Morgan fingerprint density at radius 3 is 2.72 bits per heavy atom. The van der Waals surface area contributed by atoms with E-state index in [-0.39, 0.29) is 5.91 Å². The Balaban J connectivity index is 2.07. The van der Waals surface area contributed by atoms with Crippen molar-refractivity contribution in [1.82, 2.24) is 9.97 Å². The van der Waals surface area contributed by atoms with E-state index < -0.39 is 5.97 Å². The number of nitrogens with one attached hydrogen (secondary N) is 1. The van der Waals surface area contributed by atoms with Crippen LogP contribution in [0, 0.1) is 0 Å². The third kappa shape index (κ3) is 2.69. The Labute approximate surface area is 107 Å². The highest BCUT2D eigenvalue weighted by Crippen LogP contribution is 2.08. The molecule has 18 heavy (non-hydrogen) atoms. The van der Waals surface area contributed by atoms with E-state index in [0.29, 0.717) is 17.1 Å². The van der Waals surface area contributed by atoms with Crippen molar-refractivity contribution in [1.29, 1.82) is 0 Å². The summed E-state index contributed by atoms with van der Waals surface area (Å²) in [4.78, 5) is 30.6. The van der Waals surface area contributed by atoms with Gasteiger partial charge in [0.1, 0.15) is 11.5 Å². The zero-order valence-corrected chi connectivity index (χ0v) is 10.2. The van der Waals surface area contributed by atoms with Gasteiger partial charge < -0.3 is 10.1 Å². The van der Waals surface area contributed by atoms with E-state index in [4.69, 9.17) is 0 Å². The Morgan fingerprint density at radius 1 is 1.33 bits per heavy atom. The lowest BCUT2D eigenvalue weighted by Gasteiger charge is -2.03. The van der Waals surface area contributed by atoms with Gasteiger partial charge in [-0.05, 0) is 12.1 Å². The van der Waals surface area contributed by atoms with Crippen LogP contribution in [0.25, 0.3) is 0 Å². The number of carbonyl (C=O) groups excluding carboxylic acids is 2. The largest absolute Gasteiger partial charge is 0.465 e. The van der Waals surface area contributed by atoms with Gasteiger partial charge in [0.15, 0.2) is 0 Å². The van der Waals surface area contributed by atoms with E-state index in [1.54, 1.807) is 10.9 Å². The quantitative estimate of drug-likeness (QED) is 0.850. The van der Waals surface area contributed by atoms with Gasteiger partial charge in [-0.15, -0.1) is 11.3 Å². The van der Waals surface area contributed by atoms with Crippen LogP contribution in [0.3, 0.4) is 0 Å². The Kier molecular flexibility index (Phi) is 3.63. The van der Waals surface area contributed by atoms with Crippen molar-refractivity contribution in [3.8, 4) is 0 Å². The summed E-state index contributed by atoms with van der Waals surface area (Å²) in [5.74, 6) is -0.463. The molecule has 2 aromatic rings. The van der Waals surface area contributed by atoms with Crippen LogP contribution in [-0.2, 0) is 4.74 Å². The van der Waals surface area contributed by atoms with Gasteiger partial charge in [0.05, 0.1) is 18.2 Å². The second-order valence-electron chi connectivity index (χ2n) is 3.25. The number of pyridine rings is 1. The SMILES string of the molecule is COC(=O)c1ccc(NC(=O)c2cscn2)nc1. The molecule has 6 nitrogen and oxygen atoms in total. The van der Waals surface area contributed by atoms with Crippen LogP contribution in [0.4, 0.5) is 5.82 Å². The number of rotatable bonds is 3. The number of hydrogen-bond acceptors (Lipinski definition) is 6. The molecule has 92 valence electrons. The molecular formula is C11H9N3O3S. The monoisotopic (exact) mass is 263 g/mol. The normalized spacial score (nSPS) is 9.83. The third-order valence-electron chi connectivity index (χ3n) is 2.09. The molecule has 0 atom stereocenters. The van der Waals surface area contributed by atoms with Crippen molar-refractivity contribution in [3.05, 3.63) is 40.5 Å². The molecule has 0 saturated heterocycles. The van der Waals surface area contributed by atoms with Crippen molar-refractivity contribution >= 4 is 29.0 Å². The maximum Gasteiger partial charge on any atom is 0.339 e. The lowest BCUT2D eigenvalue weighted by Crippen LogP contribution is -2.13. The number of ether oxygens (including phenoxy) is 1. The summed E-state index contributed by atoms with van der Waals surface area (Å²) in [5, 5.41) is 4.21. The number of hydrogen-bond donors (Lipinski definition) is 1. The maximum absolute atomic E-state index is 11.7. The summed E-state index contributed by atoms with van der Waals surface area (Å²) < 4.78 is 4.54. The minimum Gasteiger partial charge on any atom is -0.465 e. The number of carbonyl (C=O) groups is 2. The van der Waals surface area contributed by atoms with Crippen LogP contribution in [0.15, 0.2) is 29.2 Å². The lowest BCUT2D eigenvalue weighted by molar-refractivity contribution is 0.0600. The molecule has 1 N–H and O–H groups in total. The second kappa shape index (κ2) is 5.37. The highest BCUT2D eigenvalue weighted by molar-refractivity contribution is 7.07. The highest BCUT2D eigenvalue weighted by atomic mass is 32.1. The predicted molar refractivity (Wildman–Crippen MR) is 65.6 cm³/mol. The Morgan fingerprint density at radius 2 is 2.17 bits per heavy atom. The van der Waals surface area contributed by atoms with E-state index in [2.05, 4.69) is 20.0 Å². The van der Waals surface area contributed by atoms with E-state index in [0.717, 1.165) is 0 Å². The van der Waals surface area contributed by atoms with Crippen molar-refractivity contribution in [2.75, 3.05) is 12.4 Å². The molecule has 0 spiro atoms. The smallest absolute Gasteiger partial charge is 0.339 e. The molecule has 0 bridgehead atoms. The summed E-state index contributed by atoms with van der Waals surface area (Å²) in [6, 6.07) is 3.05. The van der Waals surface area contributed by atoms with Gasteiger partial charge in [0, 0.05) is 11.6 Å². The van der Waals surface area contributed by atoms with Crippen LogP contribution >= 0.6 is 11.3 Å². The van der Waals surface area contributed by atoms with Crippen LogP contribution in [-0.4, -0.2) is 29.0 Å². The Bertz CT molecular complexity index is 551. The first-order valence-electron chi connectivity index (χ1n) is 4.94. The zero-order valence-electron chi connectivity index (χ0n) is 9.41. The van der Waals surface area contributed by atoms with Gasteiger partial charge in [-0.3, -0.25) is 4.79 Å². The molecule has 2 rings (SSSR count). The molecule has 2 heterocycles. The number of esters is 1. The summed E-state index contributed by atoms with van der Waals surface area (Å²) in [5.41, 5.74) is 2.23. The summed E-state index contributed by atoms with van der Waals surface area (Å²) in [6.07, 6.45) is 1.34. The van der Waals surface area contributed by atoms with Gasteiger partial charge in [0.2, 0.25) is 0 Å². The third-order valence-corrected chi connectivity index (χ3v) is 2.68. The van der Waals surface area contributed by atoms with E-state index in [1.165, 1.54) is 36.8 Å². The average molecular weight is 263 g/mol. The fourth-order valence-electron chi connectivity index (χ4n) is 1.21. The molecule has 0 radical (unpaired) electrons. The van der Waals surface area contributed by atoms with Crippen molar-refractivity contribution in [3.63, 3.8) is 0 Å².